The molecule has 0 fully saturated rings. The summed E-state index contributed by atoms with van der Waals surface area (Å²) in [4.78, 5) is 3.38. The van der Waals surface area contributed by atoms with Crippen molar-refractivity contribution in [2.45, 2.75) is 39.7 Å². The maximum absolute atomic E-state index is 5.81. The molecular formula is C14H20N2. The maximum Gasteiger partial charge on any atom is 0.0489 e. The predicted octanol–water partition coefficient (Wildman–Crippen LogP) is 3.06. The minimum absolute atomic E-state index is 0.273. The van der Waals surface area contributed by atoms with Gasteiger partial charge in [-0.15, -0.1) is 0 Å². The summed E-state index contributed by atoms with van der Waals surface area (Å²) >= 11 is 0. The van der Waals surface area contributed by atoms with Crippen molar-refractivity contribution in [1.82, 2.24) is 4.98 Å². The third-order valence-electron chi connectivity index (χ3n) is 3.20. The van der Waals surface area contributed by atoms with Gasteiger partial charge in [-0.3, -0.25) is 0 Å². The molecule has 86 valence electrons. The second kappa shape index (κ2) is 4.30. The summed E-state index contributed by atoms with van der Waals surface area (Å²) in [6.45, 7) is 6.38. The Morgan fingerprint density at radius 1 is 1.25 bits per heavy atom. The molecule has 1 heterocycles. The molecule has 0 saturated carbocycles. The molecule has 0 saturated heterocycles. The van der Waals surface area contributed by atoms with Gasteiger partial charge in [0.15, 0.2) is 0 Å². The minimum atomic E-state index is 0.273. The van der Waals surface area contributed by atoms with Crippen molar-refractivity contribution in [2.24, 2.45) is 5.73 Å². The van der Waals surface area contributed by atoms with Crippen LogP contribution in [-0.4, -0.2) is 11.0 Å². The Bertz CT molecular complexity index is 495. The molecule has 1 aromatic heterocycles. The highest BCUT2D eigenvalue weighted by Gasteiger charge is 2.08. The van der Waals surface area contributed by atoms with Crippen LogP contribution in [0.1, 0.15) is 30.0 Å². The smallest absolute Gasteiger partial charge is 0.0489 e. The molecular weight excluding hydrogens is 196 g/mol. The number of hydrogen-bond acceptors (Lipinski definition) is 1. The highest BCUT2D eigenvalue weighted by atomic mass is 14.7. The first-order valence-electron chi connectivity index (χ1n) is 5.91. The monoisotopic (exact) mass is 216 g/mol. The van der Waals surface area contributed by atoms with Crippen LogP contribution in [0.4, 0.5) is 0 Å². The van der Waals surface area contributed by atoms with Crippen molar-refractivity contribution >= 4 is 10.9 Å². The van der Waals surface area contributed by atoms with Crippen LogP contribution in [0.25, 0.3) is 10.9 Å². The lowest BCUT2D eigenvalue weighted by molar-refractivity contribution is 0.668. The van der Waals surface area contributed by atoms with Gasteiger partial charge in [-0.1, -0.05) is 12.1 Å². The van der Waals surface area contributed by atoms with E-state index in [1.54, 1.807) is 0 Å². The molecule has 16 heavy (non-hydrogen) atoms. The second-order valence-electron chi connectivity index (χ2n) is 4.78. The fourth-order valence-electron chi connectivity index (χ4n) is 2.22. The first-order chi connectivity index (χ1) is 7.59. The lowest BCUT2D eigenvalue weighted by atomic mass is 10.0. The van der Waals surface area contributed by atoms with Gasteiger partial charge in [-0.2, -0.15) is 0 Å². The van der Waals surface area contributed by atoms with Crippen molar-refractivity contribution in [3.63, 3.8) is 0 Å². The molecule has 0 aliphatic carbocycles. The van der Waals surface area contributed by atoms with E-state index in [2.05, 4.69) is 44.1 Å². The van der Waals surface area contributed by atoms with E-state index in [0.29, 0.717) is 0 Å². The van der Waals surface area contributed by atoms with Crippen molar-refractivity contribution < 1.29 is 0 Å². The van der Waals surface area contributed by atoms with Gasteiger partial charge in [-0.05, 0) is 50.3 Å². The zero-order valence-corrected chi connectivity index (χ0v) is 10.3. The van der Waals surface area contributed by atoms with Crippen LogP contribution in [0.3, 0.4) is 0 Å². The molecule has 2 aromatic rings. The number of aryl methyl sites for hydroxylation is 3. The minimum Gasteiger partial charge on any atom is -0.361 e. The number of hydrogen-bond donors (Lipinski definition) is 2. The fraction of sp³-hybridized carbons (Fsp3) is 0.429. The van der Waals surface area contributed by atoms with Gasteiger partial charge < -0.3 is 10.7 Å². The third kappa shape index (κ3) is 1.98. The van der Waals surface area contributed by atoms with Crippen molar-refractivity contribution in [2.75, 3.05) is 0 Å². The Morgan fingerprint density at radius 3 is 2.62 bits per heavy atom. The SMILES string of the molecule is Cc1ccc(C)c2c(CCC(C)N)c[nH]c12. The van der Waals surface area contributed by atoms with Crippen LogP contribution in [0.15, 0.2) is 18.3 Å². The zero-order valence-electron chi connectivity index (χ0n) is 10.3. The van der Waals surface area contributed by atoms with Gasteiger partial charge in [0.25, 0.3) is 0 Å². The maximum atomic E-state index is 5.81. The summed E-state index contributed by atoms with van der Waals surface area (Å²) in [6, 6.07) is 4.64. The number of fused-ring (bicyclic) bond motifs is 1. The van der Waals surface area contributed by atoms with Crippen LogP contribution < -0.4 is 5.73 Å². The van der Waals surface area contributed by atoms with Crippen LogP contribution >= 0.6 is 0 Å². The fourth-order valence-corrected chi connectivity index (χ4v) is 2.22. The Morgan fingerprint density at radius 2 is 1.94 bits per heavy atom. The predicted molar refractivity (Wildman–Crippen MR) is 69.7 cm³/mol. The second-order valence-corrected chi connectivity index (χ2v) is 4.78. The number of benzene rings is 1. The number of aromatic nitrogens is 1. The number of nitrogens with one attached hydrogen (secondary N) is 1. The Labute approximate surface area is 96.9 Å². The first kappa shape index (κ1) is 11.2. The first-order valence-corrected chi connectivity index (χ1v) is 5.91. The van der Waals surface area contributed by atoms with Gasteiger partial charge in [0, 0.05) is 23.1 Å². The molecule has 1 aromatic carbocycles. The van der Waals surface area contributed by atoms with Crippen molar-refractivity contribution in [3.8, 4) is 0 Å². The van der Waals surface area contributed by atoms with Crippen molar-refractivity contribution in [3.05, 3.63) is 35.0 Å². The molecule has 2 rings (SSSR count). The summed E-state index contributed by atoms with van der Waals surface area (Å²) in [5.74, 6) is 0. The summed E-state index contributed by atoms with van der Waals surface area (Å²) in [5, 5.41) is 1.39. The van der Waals surface area contributed by atoms with Gasteiger partial charge in [0.2, 0.25) is 0 Å². The summed E-state index contributed by atoms with van der Waals surface area (Å²) in [7, 11) is 0. The van der Waals surface area contributed by atoms with E-state index in [9.17, 15) is 0 Å². The average molecular weight is 216 g/mol. The number of nitrogens with two attached hydrogens (primary N) is 1. The lowest BCUT2D eigenvalue weighted by Crippen LogP contribution is -2.15. The van der Waals surface area contributed by atoms with E-state index in [0.717, 1.165) is 12.8 Å². The van der Waals surface area contributed by atoms with Gasteiger partial charge in [0.1, 0.15) is 0 Å². The number of rotatable bonds is 3. The molecule has 1 atom stereocenters. The standard InChI is InChI=1S/C14H20N2/c1-9-4-5-10(2)14-13(9)12(8-16-14)7-6-11(3)15/h4-5,8,11,16H,6-7,15H2,1-3H3. The highest BCUT2D eigenvalue weighted by molar-refractivity contribution is 5.88. The zero-order chi connectivity index (χ0) is 11.7. The molecule has 1 unspecified atom stereocenters. The van der Waals surface area contributed by atoms with Gasteiger partial charge in [0.05, 0.1) is 0 Å². The van der Waals surface area contributed by atoms with Gasteiger partial charge >= 0.3 is 0 Å². The van der Waals surface area contributed by atoms with Gasteiger partial charge in [-0.25, -0.2) is 0 Å². The molecule has 0 bridgehead atoms. The average Bonchev–Trinajstić information content (AvgIpc) is 2.65. The quantitative estimate of drug-likeness (QED) is 0.813. The van der Waals surface area contributed by atoms with Crippen LogP contribution in [0.5, 0.6) is 0 Å². The Hall–Kier alpha value is -1.28. The van der Waals surface area contributed by atoms with E-state index in [1.807, 2.05) is 0 Å². The third-order valence-corrected chi connectivity index (χ3v) is 3.20. The van der Waals surface area contributed by atoms with E-state index in [4.69, 9.17) is 5.73 Å². The molecule has 2 nitrogen and oxygen atoms in total. The van der Waals surface area contributed by atoms with Crippen LogP contribution in [0.2, 0.25) is 0 Å². The normalized spacial score (nSPS) is 13.2. The van der Waals surface area contributed by atoms with E-state index in [1.165, 1.54) is 27.6 Å². The van der Waals surface area contributed by atoms with E-state index >= 15 is 0 Å². The van der Waals surface area contributed by atoms with E-state index < -0.39 is 0 Å². The number of aromatic amines is 1. The Kier molecular flexibility index (Phi) is 3.01. The highest BCUT2D eigenvalue weighted by Crippen LogP contribution is 2.26. The number of H-pyrrole nitrogens is 1. The molecule has 0 aliphatic heterocycles. The topological polar surface area (TPSA) is 41.8 Å². The molecule has 3 N–H and O–H groups in total. The van der Waals surface area contributed by atoms with Crippen molar-refractivity contribution in [1.29, 1.82) is 0 Å². The molecule has 2 heteroatoms. The molecule has 0 radical (unpaired) electrons. The molecule has 0 spiro atoms. The summed E-state index contributed by atoms with van der Waals surface area (Å²) in [5.41, 5.74) is 11.1. The Balaban J connectivity index is 2.43. The van der Waals surface area contributed by atoms with Crippen LogP contribution in [0, 0.1) is 13.8 Å². The van der Waals surface area contributed by atoms with E-state index in [-0.39, 0.29) is 6.04 Å². The summed E-state index contributed by atoms with van der Waals surface area (Å²) < 4.78 is 0. The van der Waals surface area contributed by atoms with Crippen LogP contribution in [-0.2, 0) is 6.42 Å². The largest absolute Gasteiger partial charge is 0.361 e. The summed E-state index contributed by atoms with van der Waals surface area (Å²) in [6.07, 6.45) is 4.23. The lowest BCUT2D eigenvalue weighted by Gasteiger charge is -2.06. The molecule has 0 aliphatic rings. The molecule has 0 amide bonds.